The van der Waals surface area contributed by atoms with E-state index in [9.17, 15) is 0 Å². The number of aromatic nitrogens is 2. The van der Waals surface area contributed by atoms with Gasteiger partial charge in [-0.3, -0.25) is 0 Å². The summed E-state index contributed by atoms with van der Waals surface area (Å²) < 4.78 is 4.96. The molecule has 2 aromatic heterocycles. The Kier molecular flexibility index (Phi) is 11.9. The van der Waals surface area contributed by atoms with Gasteiger partial charge in [0.05, 0.1) is 33.4 Å². The van der Waals surface area contributed by atoms with Gasteiger partial charge in [0.2, 0.25) is 0 Å². The van der Waals surface area contributed by atoms with Gasteiger partial charge in [-0.05, 0) is 139 Å². The van der Waals surface area contributed by atoms with Crippen LogP contribution in [0.1, 0.15) is 0 Å². The molecule has 0 aliphatic heterocycles. The number of hydrogen-bond donors (Lipinski definition) is 0. The van der Waals surface area contributed by atoms with Crippen molar-refractivity contribution in [2.75, 3.05) is 9.80 Å². The Morgan fingerprint density at radius 3 is 0.989 bits per heavy atom. The highest BCUT2D eigenvalue weighted by Gasteiger charge is 2.26. The quantitative estimate of drug-likeness (QED) is 0.127. The second-order valence-corrected chi connectivity index (χ2v) is 23.6. The monoisotopic (exact) mass is 1140 g/mol. The number of nitrogens with zero attached hydrogens (tertiary/aromatic N) is 4. The van der Waals surface area contributed by atoms with Crippen molar-refractivity contribution in [3.8, 4) is 33.6 Å². The second-order valence-electron chi connectivity index (χ2n) is 23.6. The van der Waals surface area contributed by atoms with Crippen molar-refractivity contribution < 1.29 is 0 Å². The normalized spacial score (nSPS) is 11.8. The molecule has 0 amide bonds. The summed E-state index contributed by atoms with van der Waals surface area (Å²) in [6.07, 6.45) is 0. The molecule has 0 saturated carbocycles. The number of fused-ring (bicyclic) bond motifs is 13. The summed E-state index contributed by atoms with van der Waals surface area (Å²) in [5.74, 6) is 0. The van der Waals surface area contributed by atoms with Crippen LogP contribution in [0.2, 0.25) is 0 Å². The molecule has 0 atom stereocenters. The predicted molar refractivity (Wildman–Crippen MR) is 383 cm³/mol. The third-order valence-electron chi connectivity index (χ3n) is 18.5. The summed E-state index contributed by atoms with van der Waals surface area (Å²) in [7, 11) is 0. The van der Waals surface area contributed by atoms with Crippen molar-refractivity contribution in [2.24, 2.45) is 0 Å². The lowest BCUT2D eigenvalue weighted by Crippen LogP contribution is -2.12. The first-order valence-electron chi connectivity index (χ1n) is 31.0. The number of para-hydroxylation sites is 4. The van der Waals surface area contributed by atoms with E-state index in [0.29, 0.717) is 0 Å². The van der Waals surface area contributed by atoms with E-state index in [2.05, 4.69) is 359 Å². The minimum atomic E-state index is 1.06. The summed E-state index contributed by atoms with van der Waals surface area (Å²) in [6, 6.07) is 125. The molecule has 18 aromatic rings. The number of rotatable bonds is 10. The maximum atomic E-state index is 2.51. The topological polar surface area (TPSA) is 16.3 Å². The third kappa shape index (κ3) is 8.23. The van der Waals surface area contributed by atoms with Gasteiger partial charge in [0.25, 0.3) is 0 Å². The van der Waals surface area contributed by atoms with E-state index in [0.717, 1.165) is 72.7 Å². The van der Waals surface area contributed by atoms with Gasteiger partial charge in [-0.15, -0.1) is 0 Å². The van der Waals surface area contributed by atoms with E-state index in [1.165, 1.54) is 92.5 Å². The van der Waals surface area contributed by atoms with Crippen molar-refractivity contribution >= 4 is 132 Å². The molecular formula is C86H56N4. The van der Waals surface area contributed by atoms with E-state index in [1.54, 1.807) is 0 Å². The van der Waals surface area contributed by atoms with E-state index in [-0.39, 0.29) is 0 Å². The van der Waals surface area contributed by atoms with Crippen LogP contribution in [-0.2, 0) is 0 Å². The Balaban J connectivity index is 0.918. The summed E-state index contributed by atoms with van der Waals surface area (Å²) >= 11 is 0. The first-order valence-corrected chi connectivity index (χ1v) is 31.0. The Morgan fingerprint density at radius 2 is 0.556 bits per heavy atom. The van der Waals surface area contributed by atoms with E-state index in [4.69, 9.17) is 0 Å². The van der Waals surface area contributed by atoms with Crippen LogP contribution in [0.15, 0.2) is 340 Å². The van der Waals surface area contributed by atoms with Gasteiger partial charge in [0.15, 0.2) is 0 Å². The fraction of sp³-hybridized carbons (Fsp3) is 0. The molecule has 0 saturated heterocycles. The predicted octanol–water partition coefficient (Wildman–Crippen LogP) is 23.9. The third-order valence-corrected chi connectivity index (χ3v) is 18.5. The summed E-state index contributed by atoms with van der Waals surface area (Å²) in [5, 5.41) is 16.6. The van der Waals surface area contributed by atoms with Crippen molar-refractivity contribution in [3.63, 3.8) is 0 Å². The molecule has 0 fully saturated rings. The standard InChI is InChI=1S/C86H56N4/c1-5-25-59(26-6-1)70-39-21-41-78-74-49-47-68(55-82(74)89(85(70)78)64-31-9-3-10-32-64)87(66-45-43-57-23-13-15-29-61(57)51-66)80-53-63-54-81(73-36-18-20-38-77(73)84(63)76-37-19-17-35-72(76)80)88(67-46-44-58-24-14-16-30-62(58)52-67)69-48-50-75-79-42-22-40-71(60-27-7-2-8-28-60)86(79)90(83(75)56-69)65-33-11-4-12-34-65/h1-56H. The molecule has 0 unspecified atom stereocenters. The summed E-state index contributed by atoms with van der Waals surface area (Å²) in [6.45, 7) is 0. The first-order chi connectivity index (χ1) is 44.7. The Bertz CT molecular complexity index is 5490. The van der Waals surface area contributed by atoms with Gasteiger partial charge in [0.1, 0.15) is 0 Å². The van der Waals surface area contributed by atoms with Crippen molar-refractivity contribution in [2.45, 2.75) is 0 Å². The zero-order valence-corrected chi connectivity index (χ0v) is 49.1. The zero-order valence-electron chi connectivity index (χ0n) is 49.1. The minimum absolute atomic E-state index is 1.06. The number of hydrogen-bond acceptors (Lipinski definition) is 2. The van der Waals surface area contributed by atoms with Crippen LogP contribution in [-0.4, -0.2) is 9.13 Å². The minimum Gasteiger partial charge on any atom is -0.310 e. The molecule has 18 rings (SSSR count). The fourth-order valence-corrected chi connectivity index (χ4v) is 14.6. The molecule has 4 heteroatoms. The zero-order chi connectivity index (χ0) is 59.2. The van der Waals surface area contributed by atoms with Gasteiger partial charge >= 0.3 is 0 Å². The molecule has 0 radical (unpaired) electrons. The van der Waals surface area contributed by atoms with Gasteiger partial charge in [0, 0.05) is 77.6 Å². The lowest BCUT2D eigenvalue weighted by molar-refractivity contribution is 1.18. The van der Waals surface area contributed by atoms with Gasteiger partial charge < -0.3 is 18.9 Å². The lowest BCUT2D eigenvalue weighted by atomic mass is 9.93. The Morgan fingerprint density at radius 1 is 0.211 bits per heavy atom. The van der Waals surface area contributed by atoms with Crippen LogP contribution < -0.4 is 9.80 Å². The average Bonchev–Trinajstić information content (AvgIpc) is 1.24. The van der Waals surface area contributed by atoms with Crippen LogP contribution >= 0.6 is 0 Å². The lowest BCUT2D eigenvalue weighted by Gasteiger charge is -2.30. The molecule has 0 N–H and O–H groups in total. The second kappa shape index (κ2) is 20.9. The molecule has 420 valence electrons. The van der Waals surface area contributed by atoms with Crippen LogP contribution in [0.3, 0.4) is 0 Å². The molecule has 0 bridgehead atoms. The molecular weight excluding hydrogens is 1090 g/mol. The van der Waals surface area contributed by atoms with Crippen LogP contribution in [0, 0.1) is 0 Å². The molecule has 0 aliphatic carbocycles. The largest absolute Gasteiger partial charge is 0.310 e. The summed E-state index contributed by atoms with van der Waals surface area (Å²) in [4.78, 5) is 5.02. The fourth-order valence-electron chi connectivity index (χ4n) is 14.6. The SMILES string of the molecule is c1ccc(-c2cccc3c4ccc(N(c5ccc6ccccc6c5)c5cc6cc(N(c7ccc8ccccc8c7)c7ccc8c9cccc(-c%10ccccc%10)c9n(-c9ccccc9)c8c7)c7ccccc7c6c6ccccc56)cc4n(-c4ccccc4)c23)cc1. The Labute approximate surface area is 520 Å². The first kappa shape index (κ1) is 51.3. The molecule has 16 aromatic carbocycles. The average molecular weight is 1150 g/mol. The molecule has 0 spiro atoms. The number of anilines is 6. The van der Waals surface area contributed by atoms with Crippen LogP contribution in [0.5, 0.6) is 0 Å². The maximum absolute atomic E-state index is 2.51. The number of benzene rings is 16. The molecule has 90 heavy (non-hydrogen) atoms. The highest BCUT2D eigenvalue weighted by Crippen LogP contribution is 2.51. The van der Waals surface area contributed by atoms with Crippen molar-refractivity contribution in [1.82, 2.24) is 9.13 Å². The van der Waals surface area contributed by atoms with Crippen molar-refractivity contribution in [1.29, 1.82) is 0 Å². The highest BCUT2D eigenvalue weighted by atomic mass is 15.2. The van der Waals surface area contributed by atoms with Crippen molar-refractivity contribution in [3.05, 3.63) is 340 Å². The van der Waals surface area contributed by atoms with Crippen LogP contribution in [0.4, 0.5) is 34.1 Å². The molecule has 4 nitrogen and oxygen atoms in total. The maximum Gasteiger partial charge on any atom is 0.0619 e. The Hall–Kier alpha value is -12.0. The smallest absolute Gasteiger partial charge is 0.0619 e. The van der Waals surface area contributed by atoms with Gasteiger partial charge in [-0.2, -0.15) is 0 Å². The summed E-state index contributed by atoms with van der Waals surface area (Å²) in [5.41, 5.74) is 18.0. The van der Waals surface area contributed by atoms with Gasteiger partial charge in [-0.1, -0.05) is 255 Å². The molecule has 2 heterocycles. The molecule has 0 aliphatic rings. The van der Waals surface area contributed by atoms with Gasteiger partial charge in [-0.25, -0.2) is 0 Å². The highest BCUT2D eigenvalue weighted by molar-refractivity contribution is 6.27. The van der Waals surface area contributed by atoms with E-state index >= 15 is 0 Å². The van der Waals surface area contributed by atoms with E-state index < -0.39 is 0 Å². The van der Waals surface area contributed by atoms with E-state index in [1.807, 2.05) is 0 Å². The van der Waals surface area contributed by atoms with Crippen LogP contribution in [0.25, 0.3) is 131 Å².